The second-order valence-corrected chi connectivity index (χ2v) is 7.60. The van der Waals surface area contributed by atoms with E-state index in [9.17, 15) is 0 Å². The van der Waals surface area contributed by atoms with Gasteiger partial charge >= 0.3 is 0 Å². The van der Waals surface area contributed by atoms with Gasteiger partial charge in [0.25, 0.3) is 0 Å². The van der Waals surface area contributed by atoms with Gasteiger partial charge in [0.2, 0.25) is 0 Å². The summed E-state index contributed by atoms with van der Waals surface area (Å²) < 4.78 is 7.69. The third-order valence-electron chi connectivity index (χ3n) is 5.44. The Bertz CT molecular complexity index is 238. The van der Waals surface area contributed by atoms with E-state index in [4.69, 9.17) is 4.74 Å². The SMILES string of the molecule is CCC1CCC(CI)(OCC2CCCCCC2)CC1. The van der Waals surface area contributed by atoms with E-state index < -0.39 is 0 Å². The highest BCUT2D eigenvalue weighted by Crippen LogP contribution is 2.38. The van der Waals surface area contributed by atoms with Gasteiger partial charge in [-0.05, 0) is 50.4 Å². The highest BCUT2D eigenvalue weighted by molar-refractivity contribution is 14.1. The molecular weight excluding hydrogens is 347 g/mol. The predicted molar refractivity (Wildman–Crippen MR) is 91.0 cm³/mol. The average Bonchev–Trinajstić information content (AvgIpc) is 2.74. The van der Waals surface area contributed by atoms with Gasteiger partial charge < -0.3 is 4.74 Å². The third-order valence-corrected chi connectivity index (χ3v) is 6.83. The first-order chi connectivity index (χ1) is 9.28. The van der Waals surface area contributed by atoms with Crippen LogP contribution in [0.3, 0.4) is 0 Å². The second kappa shape index (κ2) is 8.21. The van der Waals surface area contributed by atoms with Crippen LogP contribution >= 0.6 is 22.6 Å². The molecule has 0 spiro atoms. The Kier molecular flexibility index (Phi) is 6.94. The monoisotopic (exact) mass is 378 g/mol. The summed E-state index contributed by atoms with van der Waals surface area (Å²) in [6, 6.07) is 0. The normalized spacial score (nSPS) is 34.1. The van der Waals surface area contributed by atoms with Crippen LogP contribution in [0.25, 0.3) is 0 Å². The summed E-state index contributed by atoms with van der Waals surface area (Å²) in [4.78, 5) is 0. The largest absolute Gasteiger partial charge is 0.374 e. The molecule has 2 heteroatoms. The van der Waals surface area contributed by atoms with Crippen molar-refractivity contribution in [1.82, 2.24) is 0 Å². The Labute approximate surface area is 133 Å². The lowest BCUT2D eigenvalue weighted by atomic mass is 9.78. The molecule has 2 saturated carbocycles. The van der Waals surface area contributed by atoms with E-state index in [1.165, 1.54) is 75.1 Å². The van der Waals surface area contributed by atoms with Crippen molar-refractivity contribution in [2.45, 2.75) is 83.2 Å². The van der Waals surface area contributed by atoms with Crippen LogP contribution in [0.4, 0.5) is 0 Å². The first kappa shape index (κ1) is 16.1. The zero-order valence-corrected chi connectivity index (χ0v) is 14.8. The second-order valence-electron chi connectivity index (χ2n) is 6.84. The van der Waals surface area contributed by atoms with E-state index in [0.29, 0.717) is 0 Å². The number of hydrogen-bond acceptors (Lipinski definition) is 1. The van der Waals surface area contributed by atoms with Gasteiger partial charge in [-0.1, -0.05) is 61.6 Å². The van der Waals surface area contributed by atoms with Gasteiger partial charge in [-0.3, -0.25) is 0 Å². The van der Waals surface area contributed by atoms with E-state index in [1.54, 1.807) is 0 Å². The molecule has 0 aromatic carbocycles. The minimum absolute atomic E-state index is 0.235. The molecule has 0 heterocycles. The molecule has 0 amide bonds. The van der Waals surface area contributed by atoms with E-state index >= 15 is 0 Å². The van der Waals surface area contributed by atoms with Gasteiger partial charge in [-0.2, -0.15) is 0 Å². The highest BCUT2D eigenvalue weighted by Gasteiger charge is 2.35. The minimum Gasteiger partial charge on any atom is -0.374 e. The number of rotatable bonds is 5. The molecule has 0 atom stereocenters. The van der Waals surface area contributed by atoms with Crippen molar-refractivity contribution in [3.8, 4) is 0 Å². The molecule has 2 rings (SSSR count). The number of hydrogen-bond donors (Lipinski definition) is 0. The lowest BCUT2D eigenvalue weighted by Crippen LogP contribution is -2.40. The Morgan fingerprint density at radius 3 is 2.11 bits per heavy atom. The van der Waals surface area contributed by atoms with Gasteiger partial charge in [0, 0.05) is 4.43 Å². The van der Waals surface area contributed by atoms with Crippen molar-refractivity contribution < 1.29 is 4.74 Å². The molecule has 0 saturated heterocycles. The summed E-state index contributed by atoms with van der Waals surface area (Å²) in [6.45, 7) is 3.38. The van der Waals surface area contributed by atoms with Crippen LogP contribution in [0.5, 0.6) is 0 Å². The van der Waals surface area contributed by atoms with Crippen molar-refractivity contribution in [3.05, 3.63) is 0 Å². The smallest absolute Gasteiger partial charge is 0.0771 e. The summed E-state index contributed by atoms with van der Waals surface area (Å²) in [5, 5.41) is 0. The van der Waals surface area contributed by atoms with E-state index in [-0.39, 0.29) is 5.60 Å². The average molecular weight is 378 g/mol. The molecule has 0 aromatic heterocycles. The quantitative estimate of drug-likeness (QED) is 0.336. The Hall–Kier alpha value is 0.690. The molecule has 0 unspecified atom stereocenters. The van der Waals surface area contributed by atoms with Crippen LogP contribution in [0.15, 0.2) is 0 Å². The summed E-state index contributed by atoms with van der Waals surface area (Å²) in [5.74, 6) is 1.82. The van der Waals surface area contributed by atoms with Crippen molar-refractivity contribution in [1.29, 1.82) is 0 Å². The van der Waals surface area contributed by atoms with Crippen LogP contribution in [0, 0.1) is 11.8 Å². The fraction of sp³-hybridized carbons (Fsp3) is 1.00. The predicted octanol–water partition coefficient (Wildman–Crippen LogP) is 5.75. The molecular formula is C17H31IO. The van der Waals surface area contributed by atoms with Crippen LogP contribution in [0.2, 0.25) is 0 Å². The summed E-state index contributed by atoms with van der Waals surface area (Å²) in [7, 11) is 0. The van der Waals surface area contributed by atoms with Gasteiger partial charge in [-0.15, -0.1) is 0 Å². The Morgan fingerprint density at radius 1 is 0.947 bits per heavy atom. The van der Waals surface area contributed by atoms with Crippen LogP contribution in [-0.4, -0.2) is 16.6 Å². The lowest BCUT2D eigenvalue weighted by molar-refractivity contribution is -0.0739. The molecule has 19 heavy (non-hydrogen) atoms. The molecule has 0 N–H and O–H groups in total. The summed E-state index contributed by atoms with van der Waals surface area (Å²) in [5.41, 5.74) is 0.235. The van der Waals surface area contributed by atoms with Gasteiger partial charge in [0.15, 0.2) is 0 Å². The standard InChI is InChI=1S/C17H31IO/c1-2-15-9-11-17(14-18,12-10-15)19-13-16-7-5-3-4-6-8-16/h15-16H,2-14H2,1H3. The maximum atomic E-state index is 6.50. The van der Waals surface area contributed by atoms with Crippen molar-refractivity contribution >= 4 is 22.6 Å². The Balaban J connectivity index is 1.78. The molecule has 2 fully saturated rings. The van der Waals surface area contributed by atoms with E-state index in [1.807, 2.05) is 0 Å². The van der Waals surface area contributed by atoms with Gasteiger partial charge in [0.1, 0.15) is 0 Å². The summed E-state index contributed by atoms with van der Waals surface area (Å²) in [6.07, 6.45) is 15.4. The van der Waals surface area contributed by atoms with Crippen LogP contribution in [-0.2, 0) is 4.74 Å². The first-order valence-electron chi connectivity index (χ1n) is 8.48. The van der Waals surface area contributed by atoms with E-state index in [0.717, 1.165) is 18.4 Å². The first-order valence-corrected chi connectivity index (χ1v) is 10.0. The molecule has 0 aromatic rings. The topological polar surface area (TPSA) is 9.23 Å². The van der Waals surface area contributed by atoms with Crippen LogP contribution in [0.1, 0.15) is 77.6 Å². The lowest BCUT2D eigenvalue weighted by Gasteiger charge is -2.39. The fourth-order valence-corrected chi connectivity index (χ4v) is 4.74. The number of alkyl halides is 1. The molecule has 0 radical (unpaired) electrons. The number of halogens is 1. The van der Waals surface area contributed by atoms with Crippen molar-refractivity contribution in [3.63, 3.8) is 0 Å². The van der Waals surface area contributed by atoms with Crippen molar-refractivity contribution in [2.75, 3.05) is 11.0 Å². The number of ether oxygens (including phenoxy) is 1. The molecule has 2 aliphatic carbocycles. The maximum Gasteiger partial charge on any atom is 0.0771 e. The maximum absolute atomic E-state index is 6.50. The summed E-state index contributed by atoms with van der Waals surface area (Å²) >= 11 is 2.56. The zero-order chi connectivity index (χ0) is 13.6. The van der Waals surface area contributed by atoms with Crippen molar-refractivity contribution in [2.24, 2.45) is 11.8 Å². The van der Waals surface area contributed by atoms with Gasteiger partial charge in [-0.25, -0.2) is 0 Å². The molecule has 0 aliphatic heterocycles. The van der Waals surface area contributed by atoms with Crippen LogP contribution < -0.4 is 0 Å². The van der Waals surface area contributed by atoms with Gasteiger partial charge in [0.05, 0.1) is 12.2 Å². The molecule has 0 bridgehead atoms. The fourth-order valence-electron chi connectivity index (χ4n) is 3.75. The zero-order valence-electron chi connectivity index (χ0n) is 12.6. The molecule has 112 valence electrons. The highest BCUT2D eigenvalue weighted by atomic mass is 127. The molecule has 1 nitrogen and oxygen atoms in total. The third kappa shape index (κ3) is 4.87. The molecule has 2 aliphatic rings. The minimum atomic E-state index is 0.235. The van der Waals surface area contributed by atoms with E-state index in [2.05, 4.69) is 29.5 Å². The Morgan fingerprint density at radius 2 is 1.58 bits per heavy atom.